The molecule has 1 aliphatic rings. The van der Waals surface area contributed by atoms with E-state index in [1.165, 1.54) is 30.6 Å². The average Bonchev–Trinajstić information content (AvgIpc) is 3.28. The molecule has 5 nitrogen and oxygen atoms in total. The van der Waals surface area contributed by atoms with Crippen LogP contribution in [0.15, 0.2) is 47.8 Å². The number of hydrogen-bond donors (Lipinski definition) is 3. The first-order valence-electron chi connectivity index (χ1n) is 10.1. The lowest BCUT2D eigenvalue weighted by atomic mass is 9.83. The van der Waals surface area contributed by atoms with E-state index in [-0.39, 0.29) is 17.9 Å². The molecule has 28 heavy (non-hydrogen) atoms. The first-order valence-corrected chi connectivity index (χ1v) is 10.9. The molecular formula is C22H29N3O2S. The second-order valence-electron chi connectivity index (χ2n) is 7.44. The van der Waals surface area contributed by atoms with Crippen molar-refractivity contribution in [3.05, 3.63) is 58.3 Å². The Bertz CT molecular complexity index is 742. The van der Waals surface area contributed by atoms with Crippen LogP contribution in [0.5, 0.6) is 0 Å². The predicted octanol–water partition coefficient (Wildman–Crippen LogP) is 3.11. The van der Waals surface area contributed by atoms with Crippen molar-refractivity contribution in [2.45, 2.75) is 50.6 Å². The molecule has 0 spiro atoms. The van der Waals surface area contributed by atoms with Crippen molar-refractivity contribution in [2.24, 2.45) is 11.7 Å². The number of thiophene rings is 1. The maximum atomic E-state index is 13.1. The predicted molar refractivity (Wildman–Crippen MR) is 113 cm³/mol. The van der Waals surface area contributed by atoms with Crippen LogP contribution in [0, 0.1) is 5.92 Å². The Balaban J connectivity index is 1.70. The Hall–Kier alpha value is -2.18. The first-order chi connectivity index (χ1) is 13.7. The van der Waals surface area contributed by atoms with E-state index in [2.05, 4.69) is 10.6 Å². The highest BCUT2D eigenvalue weighted by atomic mass is 32.1. The first kappa shape index (κ1) is 20.6. The van der Waals surface area contributed by atoms with Gasteiger partial charge in [-0.3, -0.25) is 9.59 Å². The normalized spacial score (nSPS) is 16.9. The maximum absolute atomic E-state index is 13.1. The van der Waals surface area contributed by atoms with Crippen LogP contribution < -0.4 is 16.4 Å². The minimum absolute atomic E-state index is 0.0373. The van der Waals surface area contributed by atoms with Crippen molar-refractivity contribution in [3.63, 3.8) is 0 Å². The molecule has 2 aromatic rings. The van der Waals surface area contributed by atoms with Crippen molar-refractivity contribution >= 4 is 23.2 Å². The molecular weight excluding hydrogens is 370 g/mol. The molecule has 1 saturated carbocycles. The van der Waals surface area contributed by atoms with E-state index in [4.69, 9.17) is 5.73 Å². The Labute approximate surface area is 170 Å². The van der Waals surface area contributed by atoms with Crippen LogP contribution in [0.2, 0.25) is 0 Å². The van der Waals surface area contributed by atoms with E-state index < -0.39 is 6.04 Å². The third-order valence-corrected chi connectivity index (χ3v) is 6.32. The molecule has 4 N–H and O–H groups in total. The lowest BCUT2D eigenvalue weighted by Gasteiger charge is -2.31. The molecule has 2 amide bonds. The fourth-order valence-corrected chi connectivity index (χ4v) is 4.51. The third-order valence-electron chi connectivity index (χ3n) is 5.45. The van der Waals surface area contributed by atoms with E-state index in [0.717, 1.165) is 18.4 Å². The highest BCUT2D eigenvalue weighted by Crippen LogP contribution is 2.26. The quantitative estimate of drug-likeness (QED) is 0.638. The van der Waals surface area contributed by atoms with Crippen molar-refractivity contribution in [3.8, 4) is 0 Å². The fourth-order valence-electron chi connectivity index (χ4n) is 3.89. The van der Waals surface area contributed by atoms with Gasteiger partial charge in [-0.25, -0.2) is 0 Å². The molecule has 1 fully saturated rings. The van der Waals surface area contributed by atoms with E-state index in [9.17, 15) is 9.59 Å². The lowest BCUT2D eigenvalue weighted by molar-refractivity contribution is -0.124. The van der Waals surface area contributed by atoms with Crippen molar-refractivity contribution < 1.29 is 9.59 Å². The topological polar surface area (TPSA) is 84.2 Å². The smallest absolute Gasteiger partial charge is 0.262 e. The van der Waals surface area contributed by atoms with Gasteiger partial charge < -0.3 is 16.4 Å². The summed E-state index contributed by atoms with van der Waals surface area (Å²) in [7, 11) is 0. The highest BCUT2D eigenvalue weighted by molar-refractivity contribution is 7.12. The van der Waals surface area contributed by atoms with E-state index >= 15 is 0 Å². The van der Waals surface area contributed by atoms with Gasteiger partial charge in [0.05, 0.1) is 4.88 Å². The Morgan fingerprint density at radius 3 is 2.43 bits per heavy atom. The zero-order valence-corrected chi connectivity index (χ0v) is 16.9. The number of benzene rings is 1. The van der Waals surface area contributed by atoms with Gasteiger partial charge in [0.2, 0.25) is 5.91 Å². The van der Waals surface area contributed by atoms with Crippen LogP contribution in [0.4, 0.5) is 0 Å². The summed E-state index contributed by atoms with van der Waals surface area (Å²) in [6, 6.07) is 12.7. The number of amides is 2. The molecule has 1 aromatic carbocycles. The van der Waals surface area contributed by atoms with Gasteiger partial charge in [0.15, 0.2) is 0 Å². The molecule has 0 aliphatic heterocycles. The highest BCUT2D eigenvalue weighted by Gasteiger charge is 2.28. The fraction of sp³-hybridized carbons (Fsp3) is 0.455. The summed E-state index contributed by atoms with van der Waals surface area (Å²) >= 11 is 1.37. The van der Waals surface area contributed by atoms with Crippen molar-refractivity contribution in [1.82, 2.24) is 10.6 Å². The van der Waals surface area contributed by atoms with E-state index in [0.29, 0.717) is 23.8 Å². The van der Waals surface area contributed by atoms with Gasteiger partial charge >= 0.3 is 0 Å². The number of nitrogens with two attached hydrogens (primary N) is 1. The number of carbonyl (C=O) groups is 2. The molecule has 6 heteroatoms. The van der Waals surface area contributed by atoms with Crippen molar-refractivity contribution in [1.29, 1.82) is 0 Å². The molecule has 0 radical (unpaired) electrons. The summed E-state index contributed by atoms with van der Waals surface area (Å²) in [5.74, 6) is 0.0518. The van der Waals surface area contributed by atoms with Crippen LogP contribution in [0.3, 0.4) is 0 Å². The molecule has 2 atom stereocenters. The SMILES string of the molecule is NCC(NC(=O)C(Cc1ccccc1)NC(=O)c1cccs1)C1CCCCC1. The lowest BCUT2D eigenvalue weighted by Crippen LogP contribution is -2.54. The molecule has 2 unspecified atom stereocenters. The minimum atomic E-state index is -0.630. The molecule has 0 saturated heterocycles. The van der Waals surface area contributed by atoms with Crippen LogP contribution in [0.1, 0.15) is 47.3 Å². The largest absolute Gasteiger partial charge is 0.350 e. The zero-order valence-electron chi connectivity index (χ0n) is 16.1. The molecule has 1 aromatic heterocycles. The molecule has 3 rings (SSSR count). The van der Waals surface area contributed by atoms with Crippen LogP contribution >= 0.6 is 11.3 Å². The number of nitrogens with one attached hydrogen (secondary N) is 2. The average molecular weight is 400 g/mol. The maximum Gasteiger partial charge on any atom is 0.262 e. The third kappa shape index (κ3) is 5.66. The number of rotatable bonds is 8. The molecule has 0 bridgehead atoms. The van der Waals surface area contributed by atoms with Gasteiger partial charge in [0, 0.05) is 19.0 Å². The summed E-state index contributed by atoms with van der Waals surface area (Å²) in [5.41, 5.74) is 6.99. The number of hydrogen-bond acceptors (Lipinski definition) is 4. The van der Waals surface area contributed by atoms with Crippen LogP contribution in [-0.2, 0) is 11.2 Å². The summed E-state index contributed by atoms with van der Waals surface area (Å²) in [4.78, 5) is 26.3. The minimum Gasteiger partial charge on any atom is -0.350 e. The second kappa shape index (κ2) is 10.4. The van der Waals surface area contributed by atoms with Gasteiger partial charge in [-0.15, -0.1) is 11.3 Å². The Morgan fingerprint density at radius 2 is 1.79 bits per heavy atom. The molecule has 1 aliphatic carbocycles. The van der Waals surface area contributed by atoms with E-state index in [1.54, 1.807) is 6.07 Å². The summed E-state index contributed by atoms with van der Waals surface area (Å²) in [6.45, 7) is 0.424. The standard InChI is InChI=1S/C22H29N3O2S/c23-15-19(17-10-5-2-6-11-17)25-21(26)18(14-16-8-3-1-4-9-16)24-22(27)20-12-7-13-28-20/h1,3-4,7-9,12-13,17-19H,2,5-6,10-11,14-15,23H2,(H,24,27)(H,25,26). The second-order valence-corrected chi connectivity index (χ2v) is 8.39. The van der Waals surface area contributed by atoms with Gasteiger partial charge in [-0.05, 0) is 35.8 Å². The summed E-state index contributed by atoms with van der Waals surface area (Å²) in [5, 5.41) is 7.91. The van der Waals surface area contributed by atoms with Gasteiger partial charge in [-0.2, -0.15) is 0 Å². The van der Waals surface area contributed by atoms with Gasteiger partial charge in [0.1, 0.15) is 6.04 Å². The van der Waals surface area contributed by atoms with Crippen LogP contribution in [0.25, 0.3) is 0 Å². The van der Waals surface area contributed by atoms with Gasteiger partial charge in [-0.1, -0.05) is 55.7 Å². The molecule has 150 valence electrons. The van der Waals surface area contributed by atoms with Crippen LogP contribution in [-0.4, -0.2) is 30.4 Å². The number of carbonyl (C=O) groups excluding carboxylic acids is 2. The summed E-state index contributed by atoms with van der Waals surface area (Å²) in [6.07, 6.45) is 6.31. The zero-order chi connectivity index (χ0) is 19.8. The Kier molecular flexibility index (Phi) is 7.62. The monoisotopic (exact) mass is 399 g/mol. The molecule has 1 heterocycles. The van der Waals surface area contributed by atoms with Gasteiger partial charge in [0.25, 0.3) is 5.91 Å². The summed E-state index contributed by atoms with van der Waals surface area (Å²) < 4.78 is 0. The Morgan fingerprint density at radius 1 is 1.04 bits per heavy atom. The van der Waals surface area contributed by atoms with Crippen molar-refractivity contribution in [2.75, 3.05) is 6.54 Å². The van der Waals surface area contributed by atoms with E-state index in [1.807, 2.05) is 41.8 Å².